The number of fused-ring (bicyclic) bond motifs is 2. The Morgan fingerprint density at radius 2 is 1.65 bits per heavy atom. The van der Waals surface area contributed by atoms with E-state index in [2.05, 4.69) is 43.8 Å². The molecule has 2 aromatic heterocycles. The van der Waals surface area contributed by atoms with Gasteiger partial charge in [-0.2, -0.15) is 4.98 Å². The molecule has 8 heteroatoms. The van der Waals surface area contributed by atoms with Crippen LogP contribution in [0.4, 0.5) is 0 Å². The molecule has 4 aromatic rings. The van der Waals surface area contributed by atoms with Gasteiger partial charge >= 0.3 is 0 Å². The lowest BCUT2D eigenvalue weighted by Crippen LogP contribution is -2.27. The number of hydrogen-bond donors (Lipinski definition) is 0. The molecule has 4 atom stereocenters. The smallest absolute Gasteiger partial charge is 0.225 e. The number of imidazole rings is 1. The Morgan fingerprint density at radius 3 is 2.38 bits per heavy atom. The molecule has 2 saturated carbocycles. The summed E-state index contributed by atoms with van der Waals surface area (Å²) in [6, 6.07) is 20.8. The normalized spacial score (nSPS) is 25.5. The Kier molecular flexibility index (Phi) is 5.77. The average molecular weight is 495 g/mol. The molecule has 1 unspecified atom stereocenters. The van der Waals surface area contributed by atoms with Crippen molar-refractivity contribution in [1.29, 1.82) is 0 Å². The van der Waals surface area contributed by atoms with Gasteiger partial charge in [0.1, 0.15) is 5.52 Å². The van der Waals surface area contributed by atoms with Gasteiger partial charge in [0.15, 0.2) is 10.8 Å². The maximum atomic E-state index is 6.54. The van der Waals surface area contributed by atoms with Crippen LogP contribution in [0.2, 0.25) is 10.4 Å². The maximum Gasteiger partial charge on any atom is 0.225 e. The van der Waals surface area contributed by atoms with E-state index in [0.717, 1.165) is 12.8 Å². The molecular formula is C26H24Cl2N4O2. The van der Waals surface area contributed by atoms with Crippen molar-refractivity contribution in [3.05, 3.63) is 88.6 Å². The quantitative estimate of drug-likeness (QED) is 0.226. The lowest BCUT2D eigenvalue weighted by atomic mass is 10.0. The fourth-order valence-corrected chi connectivity index (χ4v) is 5.88. The zero-order chi connectivity index (χ0) is 23.1. The van der Waals surface area contributed by atoms with E-state index >= 15 is 0 Å². The van der Waals surface area contributed by atoms with E-state index in [-0.39, 0.29) is 28.0 Å². The van der Waals surface area contributed by atoms with Crippen LogP contribution in [-0.2, 0) is 22.7 Å². The number of aromatic nitrogens is 4. The van der Waals surface area contributed by atoms with Crippen LogP contribution in [0.15, 0.2) is 67.0 Å². The molecule has 6 rings (SSSR count). The van der Waals surface area contributed by atoms with E-state index in [0.29, 0.717) is 36.9 Å². The summed E-state index contributed by atoms with van der Waals surface area (Å²) >= 11 is 12.4. The molecule has 0 N–H and O–H groups in total. The number of benzene rings is 2. The van der Waals surface area contributed by atoms with Crippen LogP contribution in [0.5, 0.6) is 0 Å². The van der Waals surface area contributed by atoms with Gasteiger partial charge in [-0.3, -0.25) is 0 Å². The van der Waals surface area contributed by atoms with E-state index < -0.39 is 0 Å². The highest BCUT2D eigenvalue weighted by atomic mass is 35.5. The highest BCUT2D eigenvalue weighted by Crippen LogP contribution is 2.68. The van der Waals surface area contributed by atoms with Crippen LogP contribution >= 0.6 is 23.2 Å². The summed E-state index contributed by atoms with van der Waals surface area (Å²) in [7, 11) is 0. The van der Waals surface area contributed by atoms with E-state index in [1.807, 2.05) is 36.4 Å². The SMILES string of the molecule is Clc1nc(Cl)c2ncn([C@H]3C[C@H](OCc4ccccc4)C4(COCc5ccccc5)C[C@H]34)c2n1. The molecule has 2 aliphatic carbocycles. The summed E-state index contributed by atoms with van der Waals surface area (Å²) in [5.74, 6) is 0.411. The first-order chi connectivity index (χ1) is 16.6. The van der Waals surface area contributed by atoms with E-state index in [1.54, 1.807) is 6.33 Å². The van der Waals surface area contributed by atoms with Gasteiger partial charge in [-0.1, -0.05) is 72.3 Å². The molecule has 0 radical (unpaired) electrons. The summed E-state index contributed by atoms with van der Waals surface area (Å²) in [5, 5.41) is 0.402. The number of ether oxygens (including phenoxy) is 2. The second-order valence-electron chi connectivity index (χ2n) is 9.22. The van der Waals surface area contributed by atoms with Crippen molar-refractivity contribution < 1.29 is 9.47 Å². The van der Waals surface area contributed by atoms with E-state index in [9.17, 15) is 0 Å². The molecule has 2 aromatic carbocycles. The molecule has 6 nitrogen and oxygen atoms in total. The maximum absolute atomic E-state index is 6.54. The number of rotatable bonds is 8. The van der Waals surface area contributed by atoms with Crippen molar-refractivity contribution in [1.82, 2.24) is 19.5 Å². The van der Waals surface area contributed by atoms with E-state index in [4.69, 9.17) is 32.7 Å². The minimum atomic E-state index is -0.0224. The molecule has 0 amide bonds. The first kappa shape index (κ1) is 22.0. The van der Waals surface area contributed by atoms with Crippen molar-refractivity contribution >= 4 is 34.4 Å². The van der Waals surface area contributed by atoms with Crippen molar-refractivity contribution in [2.75, 3.05) is 6.61 Å². The Hall–Kier alpha value is -2.51. The van der Waals surface area contributed by atoms with Gasteiger partial charge in [0.25, 0.3) is 0 Å². The van der Waals surface area contributed by atoms with Crippen LogP contribution < -0.4 is 0 Å². The van der Waals surface area contributed by atoms with Gasteiger partial charge in [-0.15, -0.1) is 0 Å². The van der Waals surface area contributed by atoms with Crippen LogP contribution in [0.1, 0.15) is 30.0 Å². The van der Waals surface area contributed by atoms with Gasteiger partial charge in [0.05, 0.1) is 32.3 Å². The van der Waals surface area contributed by atoms with Gasteiger partial charge in [0, 0.05) is 11.5 Å². The Bertz CT molecular complexity index is 1300. The van der Waals surface area contributed by atoms with Crippen LogP contribution in [0, 0.1) is 11.3 Å². The second kappa shape index (κ2) is 8.93. The summed E-state index contributed by atoms with van der Waals surface area (Å²) in [4.78, 5) is 12.9. The average Bonchev–Trinajstić information content (AvgIpc) is 3.28. The predicted octanol–water partition coefficient (Wildman–Crippen LogP) is 5.89. The molecule has 0 bridgehead atoms. The topological polar surface area (TPSA) is 62.1 Å². The molecule has 0 spiro atoms. The number of hydrogen-bond acceptors (Lipinski definition) is 5. The minimum Gasteiger partial charge on any atom is -0.376 e. The standard InChI is InChI=1S/C26H24Cl2N4O2/c27-23-22-24(31-25(28)30-23)32(16-29-22)20-11-21(34-14-18-9-5-2-6-10-18)26(12-19(20)26)15-33-13-17-7-3-1-4-8-17/h1-10,16,19-21H,11-15H2/t19-,20+,21+,26?/m1/s1. The third kappa shape index (κ3) is 3.99. The van der Waals surface area contributed by atoms with Crippen LogP contribution in [0.25, 0.3) is 11.2 Å². The highest BCUT2D eigenvalue weighted by Gasteiger charge is 2.68. The second-order valence-corrected chi connectivity index (χ2v) is 9.91. The summed E-state index contributed by atoms with van der Waals surface area (Å²) in [6.07, 6.45) is 3.78. The zero-order valence-corrected chi connectivity index (χ0v) is 20.0. The van der Waals surface area contributed by atoms with Crippen LogP contribution in [0.3, 0.4) is 0 Å². The van der Waals surface area contributed by atoms with Gasteiger partial charge in [0.2, 0.25) is 5.28 Å². The molecule has 2 heterocycles. The number of halogens is 2. The highest BCUT2D eigenvalue weighted by molar-refractivity contribution is 6.35. The van der Waals surface area contributed by atoms with E-state index in [1.165, 1.54) is 11.1 Å². The fourth-order valence-electron chi connectivity index (χ4n) is 5.46. The Labute approximate surface area is 207 Å². The fraction of sp³-hybridized carbons (Fsp3) is 0.346. The predicted molar refractivity (Wildman–Crippen MR) is 131 cm³/mol. The first-order valence-electron chi connectivity index (χ1n) is 11.5. The third-order valence-electron chi connectivity index (χ3n) is 7.22. The summed E-state index contributed by atoms with van der Waals surface area (Å²) in [6.45, 7) is 1.83. The third-order valence-corrected chi connectivity index (χ3v) is 7.66. The monoisotopic (exact) mass is 494 g/mol. The lowest BCUT2D eigenvalue weighted by Gasteiger charge is -2.24. The molecular weight excluding hydrogens is 471 g/mol. The Balaban J connectivity index is 1.25. The molecule has 174 valence electrons. The minimum absolute atomic E-state index is 0.0224. The van der Waals surface area contributed by atoms with Crippen molar-refractivity contribution in [3.63, 3.8) is 0 Å². The first-order valence-corrected chi connectivity index (χ1v) is 12.2. The zero-order valence-electron chi connectivity index (χ0n) is 18.5. The molecule has 2 fully saturated rings. The molecule has 34 heavy (non-hydrogen) atoms. The number of nitrogens with zero attached hydrogens (tertiary/aromatic N) is 4. The van der Waals surface area contributed by atoms with Crippen LogP contribution in [-0.4, -0.2) is 32.2 Å². The van der Waals surface area contributed by atoms with Gasteiger partial charge < -0.3 is 14.0 Å². The van der Waals surface area contributed by atoms with Crippen molar-refractivity contribution in [3.8, 4) is 0 Å². The summed E-state index contributed by atoms with van der Waals surface area (Å²) in [5.41, 5.74) is 3.57. The lowest BCUT2D eigenvalue weighted by molar-refractivity contribution is -0.0400. The van der Waals surface area contributed by atoms with Gasteiger partial charge in [-0.05, 0) is 41.5 Å². The van der Waals surface area contributed by atoms with Crippen molar-refractivity contribution in [2.24, 2.45) is 11.3 Å². The molecule has 0 aliphatic heterocycles. The Morgan fingerprint density at radius 1 is 0.941 bits per heavy atom. The van der Waals surface area contributed by atoms with Gasteiger partial charge in [-0.25, -0.2) is 9.97 Å². The largest absolute Gasteiger partial charge is 0.376 e. The molecule has 2 aliphatic rings. The van der Waals surface area contributed by atoms with Crippen molar-refractivity contribution in [2.45, 2.75) is 38.2 Å². The molecule has 0 saturated heterocycles. The summed E-state index contributed by atoms with van der Waals surface area (Å²) < 4.78 is 14.9.